The summed E-state index contributed by atoms with van der Waals surface area (Å²) in [7, 11) is -3.34. The predicted octanol–water partition coefficient (Wildman–Crippen LogP) is 0.694. The van der Waals surface area contributed by atoms with Gasteiger partial charge in [-0.15, -0.1) is 0 Å². The molecule has 1 aromatic rings. The molecule has 122 valence electrons. The number of hydrogen-bond acceptors (Lipinski definition) is 4. The van der Waals surface area contributed by atoms with Crippen molar-refractivity contribution in [3.05, 3.63) is 29.8 Å². The van der Waals surface area contributed by atoms with E-state index in [1.54, 1.807) is 4.31 Å². The molecule has 0 spiro atoms. The Hall–Kier alpha value is -1.15. The maximum Gasteiger partial charge on any atom is 0.282 e. The lowest BCUT2D eigenvalue weighted by Crippen LogP contribution is -2.55. The lowest BCUT2D eigenvalue weighted by molar-refractivity contribution is 0.0700. The highest BCUT2D eigenvalue weighted by Crippen LogP contribution is 2.19. The fourth-order valence-corrected chi connectivity index (χ4v) is 4.44. The van der Waals surface area contributed by atoms with Crippen molar-refractivity contribution >= 4 is 15.9 Å². The molecule has 2 aliphatic heterocycles. The van der Waals surface area contributed by atoms with Gasteiger partial charge in [0.05, 0.1) is 13.2 Å². The highest BCUT2D eigenvalue weighted by atomic mass is 32.2. The number of nitrogens with zero attached hydrogens (tertiary/aromatic N) is 3. The third kappa shape index (κ3) is 3.27. The molecule has 0 N–H and O–H groups in total. The third-order valence-electron chi connectivity index (χ3n) is 4.26. The van der Waals surface area contributed by atoms with Gasteiger partial charge in [-0.05, 0) is 19.1 Å². The second kappa shape index (κ2) is 6.54. The van der Waals surface area contributed by atoms with Crippen molar-refractivity contribution in [1.82, 2.24) is 8.61 Å². The average Bonchev–Trinajstić information content (AvgIpc) is 2.56. The molecule has 3 rings (SSSR count). The molecule has 0 atom stereocenters. The van der Waals surface area contributed by atoms with Gasteiger partial charge in [0, 0.05) is 45.0 Å². The van der Waals surface area contributed by atoms with Crippen molar-refractivity contribution in [2.75, 3.05) is 57.4 Å². The zero-order chi connectivity index (χ0) is 15.6. The van der Waals surface area contributed by atoms with Crippen LogP contribution in [0.5, 0.6) is 0 Å². The van der Waals surface area contributed by atoms with Crippen LogP contribution in [0.3, 0.4) is 0 Å². The number of benzene rings is 1. The second-order valence-corrected chi connectivity index (χ2v) is 7.67. The van der Waals surface area contributed by atoms with Crippen LogP contribution in [0, 0.1) is 6.92 Å². The molecule has 1 aromatic carbocycles. The van der Waals surface area contributed by atoms with E-state index in [9.17, 15) is 8.42 Å². The summed E-state index contributed by atoms with van der Waals surface area (Å²) in [5.41, 5.74) is 2.39. The first-order chi connectivity index (χ1) is 10.6. The first-order valence-corrected chi connectivity index (χ1v) is 9.12. The Balaban J connectivity index is 1.62. The van der Waals surface area contributed by atoms with Gasteiger partial charge in [-0.3, -0.25) is 0 Å². The summed E-state index contributed by atoms with van der Waals surface area (Å²) in [6.07, 6.45) is 0. The van der Waals surface area contributed by atoms with E-state index in [0.29, 0.717) is 39.4 Å². The number of rotatable bonds is 3. The van der Waals surface area contributed by atoms with E-state index >= 15 is 0 Å². The van der Waals surface area contributed by atoms with Crippen molar-refractivity contribution in [2.24, 2.45) is 0 Å². The maximum atomic E-state index is 12.6. The van der Waals surface area contributed by atoms with Crippen LogP contribution in [0.2, 0.25) is 0 Å². The molecule has 2 saturated heterocycles. The first kappa shape index (κ1) is 15.7. The zero-order valence-corrected chi connectivity index (χ0v) is 13.8. The molecular weight excluding hydrogens is 302 g/mol. The number of aryl methyl sites for hydroxylation is 1. The molecule has 0 saturated carbocycles. The van der Waals surface area contributed by atoms with E-state index in [2.05, 4.69) is 36.1 Å². The topological polar surface area (TPSA) is 53.1 Å². The molecule has 0 radical (unpaired) electrons. The molecule has 6 nitrogen and oxygen atoms in total. The molecule has 2 heterocycles. The van der Waals surface area contributed by atoms with Gasteiger partial charge < -0.3 is 9.64 Å². The van der Waals surface area contributed by atoms with Crippen LogP contribution in [-0.4, -0.2) is 69.5 Å². The van der Waals surface area contributed by atoms with Gasteiger partial charge in [0.2, 0.25) is 0 Å². The standard InChI is InChI=1S/C15H23N3O3S/c1-14-2-4-15(5-3-14)16-6-8-17(9-7-16)22(19,20)18-10-12-21-13-11-18/h2-5H,6-13H2,1H3. The van der Waals surface area contributed by atoms with Crippen molar-refractivity contribution in [2.45, 2.75) is 6.92 Å². The second-order valence-electron chi connectivity index (χ2n) is 5.74. The van der Waals surface area contributed by atoms with E-state index < -0.39 is 10.2 Å². The van der Waals surface area contributed by atoms with Gasteiger partial charge in [-0.2, -0.15) is 17.0 Å². The van der Waals surface area contributed by atoms with Crippen LogP contribution in [-0.2, 0) is 14.9 Å². The Morgan fingerprint density at radius 3 is 2.00 bits per heavy atom. The molecule has 22 heavy (non-hydrogen) atoms. The van der Waals surface area contributed by atoms with E-state index in [1.807, 2.05) is 0 Å². The molecule has 0 amide bonds. The van der Waals surface area contributed by atoms with Gasteiger partial charge in [-0.25, -0.2) is 0 Å². The van der Waals surface area contributed by atoms with Crippen LogP contribution in [0.15, 0.2) is 24.3 Å². The summed E-state index contributed by atoms with van der Waals surface area (Å²) < 4.78 is 33.6. The molecule has 0 bridgehead atoms. The van der Waals surface area contributed by atoms with Gasteiger partial charge in [0.15, 0.2) is 0 Å². The summed E-state index contributed by atoms with van der Waals surface area (Å²) in [6, 6.07) is 8.38. The molecule has 2 fully saturated rings. The van der Waals surface area contributed by atoms with Crippen molar-refractivity contribution in [3.63, 3.8) is 0 Å². The third-order valence-corrected chi connectivity index (χ3v) is 6.30. The summed E-state index contributed by atoms with van der Waals surface area (Å²) in [5.74, 6) is 0. The van der Waals surface area contributed by atoms with E-state index in [1.165, 1.54) is 9.87 Å². The fraction of sp³-hybridized carbons (Fsp3) is 0.600. The number of ether oxygens (including phenoxy) is 1. The van der Waals surface area contributed by atoms with E-state index in [-0.39, 0.29) is 0 Å². The molecule has 7 heteroatoms. The molecule has 0 unspecified atom stereocenters. The maximum absolute atomic E-state index is 12.6. The smallest absolute Gasteiger partial charge is 0.282 e. The van der Waals surface area contributed by atoms with Crippen LogP contribution in [0.25, 0.3) is 0 Å². The normalized spacial score (nSPS) is 22.0. The largest absolute Gasteiger partial charge is 0.379 e. The molecular formula is C15H23N3O3S. The lowest BCUT2D eigenvalue weighted by atomic mass is 10.2. The average molecular weight is 325 g/mol. The quantitative estimate of drug-likeness (QED) is 0.821. The molecule has 0 aromatic heterocycles. The van der Waals surface area contributed by atoms with Crippen LogP contribution >= 0.6 is 0 Å². The number of piperazine rings is 1. The minimum Gasteiger partial charge on any atom is -0.379 e. The number of hydrogen-bond donors (Lipinski definition) is 0. The van der Waals surface area contributed by atoms with Crippen molar-refractivity contribution < 1.29 is 13.2 Å². The Kier molecular flexibility index (Phi) is 4.67. The Bertz CT molecular complexity index is 589. The minimum atomic E-state index is -3.34. The Labute approximate surface area is 132 Å². The SMILES string of the molecule is Cc1ccc(N2CCN(S(=O)(=O)N3CCOCC3)CC2)cc1. The summed E-state index contributed by atoms with van der Waals surface area (Å²) in [6.45, 7) is 6.49. The molecule has 0 aliphatic carbocycles. The molecule has 2 aliphatic rings. The van der Waals surface area contributed by atoms with Gasteiger partial charge in [0.25, 0.3) is 10.2 Å². The van der Waals surface area contributed by atoms with Crippen LogP contribution in [0.4, 0.5) is 5.69 Å². The highest BCUT2D eigenvalue weighted by Gasteiger charge is 2.33. The summed E-state index contributed by atoms with van der Waals surface area (Å²) in [4.78, 5) is 2.24. The van der Waals surface area contributed by atoms with Gasteiger partial charge in [-0.1, -0.05) is 17.7 Å². The number of anilines is 1. The van der Waals surface area contributed by atoms with Crippen molar-refractivity contribution in [3.8, 4) is 0 Å². The number of morpholine rings is 1. The monoisotopic (exact) mass is 325 g/mol. The predicted molar refractivity (Wildman–Crippen MR) is 86.3 cm³/mol. The van der Waals surface area contributed by atoms with Crippen LogP contribution in [0.1, 0.15) is 5.56 Å². The highest BCUT2D eigenvalue weighted by molar-refractivity contribution is 7.86. The Morgan fingerprint density at radius 1 is 0.864 bits per heavy atom. The first-order valence-electron chi connectivity index (χ1n) is 7.72. The van der Waals surface area contributed by atoms with Gasteiger partial charge in [0.1, 0.15) is 0 Å². The fourth-order valence-electron chi connectivity index (χ4n) is 2.87. The minimum absolute atomic E-state index is 0.459. The Morgan fingerprint density at radius 2 is 1.41 bits per heavy atom. The summed E-state index contributed by atoms with van der Waals surface area (Å²) in [5, 5.41) is 0. The van der Waals surface area contributed by atoms with Gasteiger partial charge >= 0.3 is 0 Å². The van der Waals surface area contributed by atoms with Crippen molar-refractivity contribution in [1.29, 1.82) is 0 Å². The van der Waals surface area contributed by atoms with Crippen LogP contribution < -0.4 is 4.90 Å². The van der Waals surface area contributed by atoms with E-state index in [4.69, 9.17) is 4.74 Å². The zero-order valence-electron chi connectivity index (χ0n) is 12.9. The lowest BCUT2D eigenvalue weighted by Gasteiger charge is -2.38. The van der Waals surface area contributed by atoms with E-state index in [0.717, 1.165) is 18.8 Å². The summed E-state index contributed by atoms with van der Waals surface area (Å²) >= 11 is 0.